The summed E-state index contributed by atoms with van der Waals surface area (Å²) in [5.41, 5.74) is 1.88. The van der Waals surface area contributed by atoms with Crippen molar-refractivity contribution in [3.8, 4) is 5.75 Å². The number of benzene rings is 2. The van der Waals surface area contributed by atoms with Crippen molar-refractivity contribution in [1.82, 2.24) is 10.2 Å². The highest BCUT2D eigenvalue weighted by atomic mass is 16.5. The molecule has 2 aromatic rings. The van der Waals surface area contributed by atoms with Crippen LogP contribution < -0.4 is 10.1 Å². The monoisotopic (exact) mass is 382 g/mol. The van der Waals surface area contributed by atoms with Crippen molar-refractivity contribution in [3.05, 3.63) is 65.7 Å². The van der Waals surface area contributed by atoms with Crippen LogP contribution in [-0.2, 0) is 22.6 Å². The van der Waals surface area contributed by atoms with Crippen LogP contribution in [-0.4, -0.2) is 35.9 Å². The number of ether oxygens (including phenoxy) is 1. The maximum atomic E-state index is 13.1. The number of amides is 2. The van der Waals surface area contributed by atoms with E-state index in [4.69, 9.17) is 4.74 Å². The predicted octanol–water partition coefficient (Wildman–Crippen LogP) is 3.57. The molecule has 0 saturated carbocycles. The van der Waals surface area contributed by atoms with E-state index in [1.54, 1.807) is 18.9 Å². The van der Waals surface area contributed by atoms with E-state index < -0.39 is 6.04 Å². The lowest BCUT2D eigenvalue weighted by Crippen LogP contribution is -2.49. The van der Waals surface area contributed by atoms with Crippen molar-refractivity contribution in [3.63, 3.8) is 0 Å². The summed E-state index contributed by atoms with van der Waals surface area (Å²) in [7, 11) is 1.62. The van der Waals surface area contributed by atoms with E-state index in [2.05, 4.69) is 5.32 Å². The Hall–Kier alpha value is -2.82. The van der Waals surface area contributed by atoms with Crippen molar-refractivity contribution in [2.24, 2.45) is 0 Å². The quantitative estimate of drug-likeness (QED) is 0.721. The second-order valence-electron chi connectivity index (χ2n) is 7.03. The SMILES string of the molecule is CCC(C)NC(=O)C(C)N(Cc1ccc(OC)cc1)C(=O)Cc1ccccc1. The summed E-state index contributed by atoms with van der Waals surface area (Å²) in [6.07, 6.45) is 1.10. The van der Waals surface area contributed by atoms with Gasteiger partial charge in [0.15, 0.2) is 0 Å². The maximum Gasteiger partial charge on any atom is 0.242 e. The molecule has 0 aromatic heterocycles. The molecule has 2 atom stereocenters. The van der Waals surface area contributed by atoms with E-state index in [0.29, 0.717) is 6.54 Å². The van der Waals surface area contributed by atoms with E-state index in [9.17, 15) is 9.59 Å². The third-order valence-corrected chi connectivity index (χ3v) is 4.88. The Morgan fingerprint density at radius 3 is 2.21 bits per heavy atom. The van der Waals surface area contributed by atoms with Crippen molar-refractivity contribution < 1.29 is 14.3 Å². The highest BCUT2D eigenvalue weighted by molar-refractivity contribution is 5.88. The lowest BCUT2D eigenvalue weighted by molar-refractivity contribution is -0.140. The van der Waals surface area contributed by atoms with Crippen LogP contribution >= 0.6 is 0 Å². The number of carbonyl (C=O) groups excluding carboxylic acids is 2. The molecule has 2 rings (SSSR count). The highest BCUT2D eigenvalue weighted by Crippen LogP contribution is 2.16. The molecular formula is C23H30N2O3. The van der Waals surface area contributed by atoms with Gasteiger partial charge in [-0.05, 0) is 43.5 Å². The van der Waals surface area contributed by atoms with Crippen LogP contribution in [0.3, 0.4) is 0 Å². The third kappa shape index (κ3) is 6.12. The fraction of sp³-hybridized carbons (Fsp3) is 0.391. The summed E-state index contributed by atoms with van der Waals surface area (Å²) in [6, 6.07) is 16.7. The van der Waals surface area contributed by atoms with Crippen LogP contribution in [0.4, 0.5) is 0 Å². The molecule has 0 radical (unpaired) electrons. The highest BCUT2D eigenvalue weighted by Gasteiger charge is 2.26. The second-order valence-corrected chi connectivity index (χ2v) is 7.03. The van der Waals surface area contributed by atoms with Crippen molar-refractivity contribution in [1.29, 1.82) is 0 Å². The first kappa shape index (κ1) is 21.5. The van der Waals surface area contributed by atoms with Gasteiger partial charge in [-0.2, -0.15) is 0 Å². The number of hydrogen-bond donors (Lipinski definition) is 1. The molecule has 0 fully saturated rings. The smallest absolute Gasteiger partial charge is 0.242 e. The van der Waals surface area contributed by atoms with Gasteiger partial charge in [-0.25, -0.2) is 0 Å². The molecule has 2 aromatic carbocycles. The second kappa shape index (κ2) is 10.5. The molecule has 0 aliphatic rings. The molecule has 2 unspecified atom stereocenters. The zero-order valence-electron chi connectivity index (χ0n) is 17.1. The minimum Gasteiger partial charge on any atom is -0.497 e. The Labute approximate surface area is 167 Å². The lowest BCUT2D eigenvalue weighted by Gasteiger charge is -2.30. The first-order valence-electron chi connectivity index (χ1n) is 9.71. The van der Waals surface area contributed by atoms with Gasteiger partial charge in [0, 0.05) is 12.6 Å². The molecule has 1 N–H and O–H groups in total. The van der Waals surface area contributed by atoms with Gasteiger partial charge in [0.1, 0.15) is 11.8 Å². The summed E-state index contributed by atoms with van der Waals surface area (Å²) in [5, 5.41) is 2.98. The fourth-order valence-corrected chi connectivity index (χ4v) is 2.85. The Morgan fingerprint density at radius 1 is 1.00 bits per heavy atom. The Kier molecular flexibility index (Phi) is 8.05. The fourth-order valence-electron chi connectivity index (χ4n) is 2.85. The predicted molar refractivity (Wildman–Crippen MR) is 111 cm³/mol. The molecule has 0 saturated heterocycles. The molecule has 5 heteroatoms. The van der Waals surface area contributed by atoms with E-state index >= 15 is 0 Å². The van der Waals surface area contributed by atoms with Crippen molar-refractivity contribution in [2.45, 2.75) is 52.2 Å². The van der Waals surface area contributed by atoms with Crippen molar-refractivity contribution in [2.75, 3.05) is 7.11 Å². The Balaban J connectivity index is 2.20. The Bertz CT molecular complexity index is 759. The molecule has 0 heterocycles. The van der Waals surface area contributed by atoms with E-state index in [1.165, 1.54) is 0 Å². The van der Waals surface area contributed by atoms with Crippen LogP contribution in [0.25, 0.3) is 0 Å². The van der Waals surface area contributed by atoms with Crippen LogP contribution in [0, 0.1) is 0 Å². The average molecular weight is 383 g/mol. The first-order chi connectivity index (χ1) is 13.4. The van der Waals surface area contributed by atoms with Crippen LogP contribution in [0.2, 0.25) is 0 Å². The molecule has 5 nitrogen and oxygen atoms in total. The summed E-state index contributed by atoms with van der Waals surface area (Å²) in [5.74, 6) is 0.548. The topological polar surface area (TPSA) is 58.6 Å². The van der Waals surface area contributed by atoms with Gasteiger partial charge in [0.2, 0.25) is 11.8 Å². The minimum atomic E-state index is -0.563. The molecule has 0 aliphatic heterocycles. The largest absolute Gasteiger partial charge is 0.497 e. The number of carbonyl (C=O) groups is 2. The minimum absolute atomic E-state index is 0.0713. The van der Waals surface area contributed by atoms with Gasteiger partial charge in [0.05, 0.1) is 13.5 Å². The zero-order chi connectivity index (χ0) is 20.5. The Morgan fingerprint density at radius 2 is 1.64 bits per heavy atom. The van der Waals surface area contributed by atoms with Gasteiger partial charge in [-0.3, -0.25) is 9.59 Å². The molecule has 0 spiro atoms. The van der Waals surface area contributed by atoms with Crippen LogP contribution in [0.1, 0.15) is 38.3 Å². The van der Waals surface area contributed by atoms with E-state index in [-0.39, 0.29) is 24.3 Å². The number of nitrogens with zero attached hydrogens (tertiary/aromatic N) is 1. The molecule has 0 aliphatic carbocycles. The maximum absolute atomic E-state index is 13.1. The number of rotatable bonds is 9. The lowest BCUT2D eigenvalue weighted by atomic mass is 10.1. The molecule has 2 amide bonds. The number of methoxy groups -OCH3 is 1. The molecular weight excluding hydrogens is 352 g/mol. The van der Waals surface area contributed by atoms with E-state index in [0.717, 1.165) is 23.3 Å². The van der Waals surface area contributed by atoms with Gasteiger partial charge in [-0.1, -0.05) is 49.4 Å². The van der Waals surface area contributed by atoms with Crippen LogP contribution in [0.15, 0.2) is 54.6 Å². The molecule has 0 bridgehead atoms. The average Bonchev–Trinajstić information content (AvgIpc) is 2.72. The van der Waals surface area contributed by atoms with Gasteiger partial charge >= 0.3 is 0 Å². The number of nitrogens with one attached hydrogen (secondary N) is 1. The molecule has 150 valence electrons. The normalized spacial score (nSPS) is 12.7. The van der Waals surface area contributed by atoms with Gasteiger partial charge in [-0.15, -0.1) is 0 Å². The summed E-state index contributed by atoms with van der Waals surface area (Å²) in [4.78, 5) is 27.4. The van der Waals surface area contributed by atoms with Crippen LogP contribution in [0.5, 0.6) is 5.75 Å². The third-order valence-electron chi connectivity index (χ3n) is 4.88. The number of hydrogen-bond acceptors (Lipinski definition) is 3. The first-order valence-corrected chi connectivity index (χ1v) is 9.71. The van der Waals surface area contributed by atoms with Gasteiger partial charge in [0.25, 0.3) is 0 Å². The summed E-state index contributed by atoms with van der Waals surface area (Å²) in [6.45, 7) is 6.13. The summed E-state index contributed by atoms with van der Waals surface area (Å²) >= 11 is 0. The van der Waals surface area contributed by atoms with Gasteiger partial charge < -0.3 is 15.0 Å². The van der Waals surface area contributed by atoms with E-state index in [1.807, 2.05) is 68.4 Å². The van der Waals surface area contributed by atoms with Crippen molar-refractivity contribution >= 4 is 11.8 Å². The standard InChI is InChI=1S/C23H30N2O3/c1-5-17(2)24-23(27)18(3)25(16-20-11-13-21(28-4)14-12-20)22(26)15-19-9-7-6-8-10-19/h6-14,17-18H,5,15-16H2,1-4H3,(H,24,27). The molecule has 28 heavy (non-hydrogen) atoms. The zero-order valence-corrected chi connectivity index (χ0v) is 17.1. The summed E-state index contributed by atoms with van der Waals surface area (Å²) < 4.78 is 5.20.